The summed E-state index contributed by atoms with van der Waals surface area (Å²) in [4.78, 5) is 0. The Morgan fingerprint density at radius 2 is 1.10 bits per heavy atom. The number of hydrogen-bond acceptors (Lipinski definition) is 1. The molecule has 246 valence electrons. The molecule has 0 atom stereocenters. The Morgan fingerprint density at radius 1 is 0.471 bits per heavy atom. The van der Waals surface area contributed by atoms with E-state index >= 15 is 0 Å². The molecular weight excluding hydrogens is 637 g/mol. The maximum absolute atomic E-state index is 2.61. The number of rotatable bonds is 2. The van der Waals surface area contributed by atoms with Gasteiger partial charge in [-0.1, -0.05) is 107 Å². The third-order valence-electron chi connectivity index (χ3n) is 12.2. The minimum absolute atomic E-state index is 0.105. The van der Waals surface area contributed by atoms with Crippen molar-refractivity contribution in [1.82, 2.24) is 9.13 Å². The van der Waals surface area contributed by atoms with E-state index in [1.807, 2.05) is 11.3 Å². The summed E-state index contributed by atoms with van der Waals surface area (Å²) < 4.78 is 7.77. The van der Waals surface area contributed by atoms with E-state index in [1.54, 1.807) is 0 Å². The number of thiophene rings is 1. The zero-order valence-corrected chi connectivity index (χ0v) is 30.2. The van der Waals surface area contributed by atoms with E-state index in [0.717, 1.165) is 0 Å². The molecule has 2 nitrogen and oxygen atoms in total. The van der Waals surface area contributed by atoms with E-state index in [9.17, 15) is 0 Å². The predicted octanol–water partition coefficient (Wildman–Crippen LogP) is 13.8. The molecule has 10 aromatic rings. The van der Waals surface area contributed by atoms with Crippen LogP contribution in [0.5, 0.6) is 0 Å². The summed E-state index contributed by atoms with van der Waals surface area (Å²) in [5.74, 6) is 0. The molecule has 3 aromatic heterocycles. The van der Waals surface area contributed by atoms with Crippen LogP contribution in [0.4, 0.5) is 0 Å². The molecule has 3 heteroatoms. The fraction of sp³-hybridized carbons (Fsp3) is 0.167. The molecule has 7 aromatic carbocycles. The van der Waals surface area contributed by atoms with Gasteiger partial charge >= 0.3 is 0 Å². The summed E-state index contributed by atoms with van der Waals surface area (Å²) in [6.45, 7) is 9.78. The highest BCUT2D eigenvalue weighted by molar-refractivity contribution is 7.26. The zero-order chi connectivity index (χ0) is 34.2. The summed E-state index contributed by atoms with van der Waals surface area (Å²) in [5.41, 5.74) is 10.7. The van der Waals surface area contributed by atoms with Gasteiger partial charge in [0.2, 0.25) is 0 Å². The van der Waals surface area contributed by atoms with E-state index in [4.69, 9.17) is 0 Å². The smallest absolute Gasteiger partial charge is 0.0640 e. The minimum Gasteiger partial charge on any atom is -0.309 e. The normalized spacial score (nSPS) is 15.6. The number of aromatic nitrogens is 2. The lowest BCUT2D eigenvalue weighted by Gasteiger charge is -2.42. The number of nitrogens with zero attached hydrogens (tertiary/aromatic N) is 2. The standard InChI is InChI=1S/C48H38N2S/c1-47(2)23-24-48(3,4)38-28-43-34(25-37(38)47)35-26-42-36(27-41(35)50(43)40-19-12-18-33-32-17-10-11-20-44(32)51-46(33)40)45-31-16-9-8-13-29(31)21-22-39(45)49(42)30-14-6-5-7-15-30/h5-22,25-28H,23-24H2,1-4H3. The monoisotopic (exact) mass is 674 g/mol. The van der Waals surface area contributed by atoms with Crippen molar-refractivity contribution < 1.29 is 0 Å². The maximum atomic E-state index is 2.61. The Balaban J connectivity index is 1.37. The van der Waals surface area contributed by atoms with E-state index in [2.05, 4.69) is 170 Å². The molecule has 0 spiro atoms. The van der Waals surface area contributed by atoms with Gasteiger partial charge in [0.15, 0.2) is 0 Å². The average molecular weight is 675 g/mol. The molecule has 51 heavy (non-hydrogen) atoms. The number of benzene rings is 7. The first-order valence-electron chi connectivity index (χ1n) is 18.2. The van der Waals surface area contributed by atoms with Crippen LogP contribution in [-0.2, 0) is 10.8 Å². The summed E-state index contributed by atoms with van der Waals surface area (Å²) >= 11 is 1.92. The molecule has 3 heterocycles. The van der Waals surface area contributed by atoms with Crippen LogP contribution in [-0.4, -0.2) is 9.13 Å². The first-order valence-corrected chi connectivity index (χ1v) is 19.1. The molecule has 0 saturated carbocycles. The van der Waals surface area contributed by atoms with Crippen molar-refractivity contribution in [1.29, 1.82) is 0 Å². The van der Waals surface area contributed by atoms with Crippen molar-refractivity contribution in [2.75, 3.05) is 0 Å². The SMILES string of the molecule is CC1(C)CCC(C)(C)c2cc3c(cc21)c1cc2c(cc1n3-c1cccc3c1sc1ccccc13)c1c3ccccc3ccc1n2-c1ccccc1. The topological polar surface area (TPSA) is 9.86 Å². The van der Waals surface area contributed by atoms with Gasteiger partial charge in [0.1, 0.15) is 0 Å². The quantitative estimate of drug-likeness (QED) is 0.173. The van der Waals surface area contributed by atoms with Gasteiger partial charge in [0.25, 0.3) is 0 Å². The molecule has 0 radical (unpaired) electrons. The van der Waals surface area contributed by atoms with E-state index in [0.29, 0.717) is 0 Å². The lowest BCUT2D eigenvalue weighted by atomic mass is 9.63. The van der Waals surface area contributed by atoms with Crippen molar-refractivity contribution in [2.24, 2.45) is 0 Å². The van der Waals surface area contributed by atoms with E-state index in [1.165, 1.54) is 110 Å². The van der Waals surface area contributed by atoms with Crippen LogP contribution in [0.1, 0.15) is 51.7 Å². The fourth-order valence-corrected chi connectivity index (χ4v) is 10.6. The summed E-state index contributed by atoms with van der Waals surface area (Å²) in [7, 11) is 0. The summed E-state index contributed by atoms with van der Waals surface area (Å²) in [5, 5.41) is 10.5. The molecule has 0 aliphatic heterocycles. The molecule has 0 unspecified atom stereocenters. The van der Waals surface area contributed by atoms with Gasteiger partial charge in [-0.3, -0.25) is 0 Å². The van der Waals surface area contributed by atoms with Gasteiger partial charge in [-0.05, 0) is 100 Å². The molecule has 0 N–H and O–H groups in total. The summed E-state index contributed by atoms with van der Waals surface area (Å²) in [6.07, 6.45) is 2.38. The molecule has 0 saturated heterocycles. The highest BCUT2D eigenvalue weighted by atomic mass is 32.1. The zero-order valence-electron chi connectivity index (χ0n) is 29.4. The van der Waals surface area contributed by atoms with Gasteiger partial charge in [0, 0.05) is 42.7 Å². The molecule has 11 rings (SSSR count). The van der Waals surface area contributed by atoms with Crippen molar-refractivity contribution in [3.05, 3.63) is 145 Å². The Morgan fingerprint density at radius 3 is 1.92 bits per heavy atom. The van der Waals surface area contributed by atoms with Crippen LogP contribution in [0, 0.1) is 0 Å². The first-order chi connectivity index (χ1) is 24.8. The highest BCUT2D eigenvalue weighted by Gasteiger charge is 2.38. The Kier molecular flexibility index (Phi) is 5.82. The molecule has 1 aliphatic rings. The third-order valence-corrected chi connectivity index (χ3v) is 13.4. The van der Waals surface area contributed by atoms with Crippen molar-refractivity contribution >= 4 is 85.9 Å². The number of hydrogen-bond donors (Lipinski definition) is 0. The van der Waals surface area contributed by atoms with E-state index < -0.39 is 0 Å². The minimum atomic E-state index is 0.105. The fourth-order valence-electron chi connectivity index (χ4n) is 9.38. The Bertz CT molecular complexity index is 3080. The number of fused-ring (bicyclic) bond motifs is 12. The molecule has 1 aliphatic carbocycles. The second-order valence-corrected chi connectivity index (χ2v) is 17.1. The van der Waals surface area contributed by atoms with Crippen LogP contribution in [0.25, 0.3) is 85.9 Å². The van der Waals surface area contributed by atoms with Crippen molar-refractivity contribution in [3.8, 4) is 11.4 Å². The second kappa shape index (κ2) is 10.1. The van der Waals surface area contributed by atoms with Crippen LogP contribution >= 0.6 is 11.3 Å². The third kappa shape index (κ3) is 3.98. The maximum Gasteiger partial charge on any atom is 0.0640 e. The summed E-state index contributed by atoms with van der Waals surface area (Å²) in [6, 6.07) is 50.3. The predicted molar refractivity (Wildman–Crippen MR) is 221 cm³/mol. The van der Waals surface area contributed by atoms with Crippen LogP contribution in [0.3, 0.4) is 0 Å². The molecule has 0 fully saturated rings. The lowest BCUT2D eigenvalue weighted by molar-refractivity contribution is 0.332. The van der Waals surface area contributed by atoms with Crippen LogP contribution in [0.15, 0.2) is 133 Å². The molecule has 0 amide bonds. The largest absolute Gasteiger partial charge is 0.309 e. The first kappa shape index (κ1) is 29.4. The Labute approximate surface area is 301 Å². The highest BCUT2D eigenvalue weighted by Crippen LogP contribution is 2.50. The van der Waals surface area contributed by atoms with E-state index in [-0.39, 0.29) is 10.8 Å². The van der Waals surface area contributed by atoms with Gasteiger partial charge in [-0.25, -0.2) is 0 Å². The van der Waals surface area contributed by atoms with Gasteiger partial charge in [0.05, 0.1) is 32.5 Å². The second-order valence-electron chi connectivity index (χ2n) is 16.0. The average Bonchev–Trinajstić information content (AvgIpc) is 3.80. The van der Waals surface area contributed by atoms with Crippen LogP contribution < -0.4 is 0 Å². The van der Waals surface area contributed by atoms with Crippen molar-refractivity contribution in [2.45, 2.75) is 51.4 Å². The lowest BCUT2D eigenvalue weighted by Crippen LogP contribution is -2.33. The van der Waals surface area contributed by atoms with Gasteiger partial charge in [-0.15, -0.1) is 11.3 Å². The van der Waals surface area contributed by atoms with Crippen LogP contribution in [0.2, 0.25) is 0 Å². The van der Waals surface area contributed by atoms with Crippen molar-refractivity contribution in [3.63, 3.8) is 0 Å². The molecule has 0 bridgehead atoms. The van der Waals surface area contributed by atoms with Gasteiger partial charge < -0.3 is 9.13 Å². The Hall–Kier alpha value is -5.38. The molecular formula is C48H38N2S. The van der Waals surface area contributed by atoms with Gasteiger partial charge in [-0.2, -0.15) is 0 Å². The number of para-hydroxylation sites is 1.